The third kappa shape index (κ3) is 6.12. The minimum absolute atomic E-state index is 0.142. The molecule has 15 atom stereocenters. The maximum absolute atomic E-state index is 11.0. The molecule has 0 radical (unpaired) electrons. The van der Waals surface area contributed by atoms with Gasteiger partial charge in [-0.3, -0.25) is 5.32 Å². The van der Waals surface area contributed by atoms with Crippen molar-refractivity contribution >= 4 is 0 Å². The van der Waals surface area contributed by atoms with Crippen molar-refractivity contribution in [1.29, 1.82) is 0 Å². The minimum Gasteiger partial charge on any atom is -0.395 e. The van der Waals surface area contributed by atoms with E-state index in [-0.39, 0.29) is 6.54 Å². The fourth-order valence-corrected chi connectivity index (χ4v) is 4.68. The predicted molar refractivity (Wildman–Crippen MR) is 121 cm³/mol. The highest BCUT2D eigenvalue weighted by Gasteiger charge is 2.56. The SMILES string of the molecule is N[C@H]1[C@@H](OC2[C@@H](CO)O[C@@H](OC3[C@@H](CO)O[C@@H](O)[C@H](N)[C@H]3O)[C@H](N)[C@H]2O)O[C@@](CO)(NCCO)[C@@H](O)[C@@H]1O. The molecule has 38 heavy (non-hydrogen) atoms. The molecule has 0 saturated carbocycles. The lowest BCUT2D eigenvalue weighted by Gasteiger charge is -2.51. The van der Waals surface area contributed by atoms with Crippen molar-refractivity contribution in [3.8, 4) is 0 Å². The molecule has 0 aromatic rings. The van der Waals surface area contributed by atoms with Gasteiger partial charge in [-0.05, 0) is 0 Å². The Bertz CT molecular complexity index is 742. The molecule has 3 aliphatic rings. The number of rotatable bonds is 10. The maximum Gasteiger partial charge on any atom is 0.178 e. The van der Waals surface area contributed by atoms with Crippen LogP contribution in [0.4, 0.5) is 0 Å². The number of hydrogen-bond acceptors (Lipinski definition) is 18. The van der Waals surface area contributed by atoms with Crippen LogP contribution in [0.1, 0.15) is 0 Å². The molecule has 16 N–H and O–H groups in total. The summed E-state index contributed by atoms with van der Waals surface area (Å²) < 4.78 is 27.9. The summed E-state index contributed by atoms with van der Waals surface area (Å²) in [6.07, 6.45) is -16.6. The molecular weight excluding hydrogens is 520 g/mol. The summed E-state index contributed by atoms with van der Waals surface area (Å²) in [5, 5.41) is 93.2. The topological polar surface area (TPSA) is 318 Å². The van der Waals surface area contributed by atoms with Crippen LogP contribution >= 0.6 is 0 Å². The Kier molecular flexibility index (Phi) is 11.1. The Balaban J connectivity index is 1.76. The first-order chi connectivity index (χ1) is 18.0. The van der Waals surface area contributed by atoms with E-state index in [2.05, 4.69) is 5.32 Å². The van der Waals surface area contributed by atoms with Crippen LogP contribution in [0.15, 0.2) is 0 Å². The fourth-order valence-electron chi connectivity index (χ4n) is 4.68. The van der Waals surface area contributed by atoms with Crippen LogP contribution in [0, 0.1) is 0 Å². The highest BCUT2D eigenvalue weighted by molar-refractivity contribution is 5.02. The highest BCUT2D eigenvalue weighted by Crippen LogP contribution is 2.33. The van der Waals surface area contributed by atoms with Crippen LogP contribution in [0.25, 0.3) is 0 Å². The summed E-state index contributed by atoms with van der Waals surface area (Å²) in [6.45, 7) is -2.83. The van der Waals surface area contributed by atoms with Gasteiger partial charge in [-0.2, -0.15) is 0 Å². The summed E-state index contributed by atoms with van der Waals surface area (Å²) in [6, 6.07) is -4.08. The number of nitrogens with one attached hydrogen (secondary N) is 1. The van der Waals surface area contributed by atoms with E-state index in [0.29, 0.717) is 0 Å². The molecule has 3 aliphatic heterocycles. The monoisotopic (exact) mass is 560 g/mol. The second-order valence-corrected chi connectivity index (χ2v) is 9.51. The minimum atomic E-state index is -1.99. The van der Waals surface area contributed by atoms with E-state index < -0.39 is 118 Å². The molecule has 0 aliphatic carbocycles. The molecule has 0 bridgehead atoms. The lowest BCUT2D eigenvalue weighted by molar-refractivity contribution is -0.364. The van der Waals surface area contributed by atoms with Crippen molar-refractivity contribution in [3.05, 3.63) is 0 Å². The average Bonchev–Trinajstić information content (AvgIpc) is 2.92. The molecule has 3 fully saturated rings. The van der Waals surface area contributed by atoms with Gasteiger partial charge in [-0.15, -0.1) is 0 Å². The van der Waals surface area contributed by atoms with Gasteiger partial charge in [-0.1, -0.05) is 0 Å². The molecule has 0 amide bonds. The van der Waals surface area contributed by atoms with Gasteiger partial charge >= 0.3 is 0 Å². The standard InChI is InChI=1S/C20H40N4O14/c21-8-11(29)14(6(3-26)34-17(8)33)36-18-9(22)12(30)15(7(4-27)35-18)37-19-10(23)13(31)16(32)20(5-28,38-19)24-1-2-25/h6-19,24-33H,1-5,21-23H2/t6-,7-,8-,9-,10-,11-,12-,13-,14?,15?,16+,17-,18+,19+,20-/m1/s1. The quantitative estimate of drug-likeness (QED) is 0.118. The Labute approximate surface area is 217 Å². The van der Waals surface area contributed by atoms with E-state index in [4.69, 9.17) is 46.0 Å². The molecule has 3 heterocycles. The van der Waals surface area contributed by atoms with E-state index in [1.165, 1.54) is 0 Å². The molecule has 0 spiro atoms. The molecule has 2 unspecified atom stereocenters. The largest absolute Gasteiger partial charge is 0.395 e. The Morgan fingerprint density at radius 1 is 0.711 bits per heavy atom. The smallest absolute Gasteiger partial charge is 0.178 e. The lowest BCUT2D eigenvalue weighted by Crippen LogP contribution is -2.75. The first-order valence-electron chi connectivity index (χ1n) is 12.1. The van der Waals surface area contributed by atoms with E-state index >= 15 is 0 Å². The molecular formula is C20H40N4O14. The number of nitrogens with two attached hydrogens (primary N) is 3. The number of aliphatic hydroxyl groups excluding tert-OH is 9. The van der Waals surface area contributed by atoms with Crippen molar-refractivity contribution < 1.29 is 69.6 Å². The van der Waals surface area contributed by atoms with E-state index in [9.17, 15) is 40.9 Å². The van der Waals surface area contributed by atoms with Crippen molar-refractivity contribution in [2.45, 2.75) is 91.6 Å². The summed E-state index contributed by atoms with van der Waals surface area (Å²) in [5.74, 6) is 0. The maximum atomic E-state index is 11.0. The zero-order valence-electron chi connectivity index (χ0n) is 20.4. The zero-order valence-corrected chi connectivity index (χ0v) is 20.4. The van der Waals surface area contributed by atoms with Crippen molar-refractivity contribution in [3.63, 3.8) is 0 Å². The number of ether oxygens (including phenoxy) is 5. The number of aliphatic hydroxyl groups is 9. The highest BCUT2D eigenvalue weighted by atomic mass is 16.7. The second-order valence-electron chi connectivity index (χ2n) is 9.51. The van der Waals surface area contributed by atoms with Gasteiger partial charge in [0, 0.05) is 6.54 Å². The van der Waals surface area contributed by atoms with Gasteiger partial charge in [0.1, 0.15) is 48.8 Å². The van der Waals surface area contributed by atoms with Crippen LogP contribution < -0.4 is 22.5 Å². The summed E-state index contributed by atoms with van der Waals surface area (Å²) in [7, 11) is 0. The summed E-state index contributed by atoms with van der Waals surface area (Å²) in [5.41, 5.74) is 15.8. The van der Waals surface area contributed by atoms with E-state index in [0.717, 1.165) is 0 Å². The van der Waals surface area contributed by atoms with Gasteiger partial charge in [-0.25, -0.2) is 0 Å². The Morgan fingerprint density at radius 3 is 1.79 bits per heavy atom. The van der Waals surface area contributed by atoms with Crippen LogP contribution in [0.3, 0.4) is 0 Å². The Morgan fingerprint density at radius 2 is 1.24 bits per heavy atom. The van der Waals surface area contributed by atoms with Crippen molar-refractivity contribution in [1.82, 2.24) is 5.32 Å². The number of hydrogen-bond donors (Lipinski definition) is 13. The van der Waals surface area contributed by atoms with Crippen molar-refractivity contribution in [2.75, 3.05) is 33.0 Å². The molecule has 3 saturated heterocycles. The van der Waals surface area contributed by atoms with E-state index in [1.54, 1.807) is 0 Å². The van der Waals surface area contributed by atoms with Crippen LogP contribution in [0.2, 0.25) is 0 Å². The first kappa shape index (κ1) is 31.8. The summed E-state index contributed by atoms with van der Waals surface area (Å²) >= 11 is 0. The second kappa shape index (κ2) is 13.3. The molecule has 18 nitrogen and oxygen atoms in total. The van der Waals surface area contributed by atoms with Crippen LogP contribution in [-0.4, -0.2) is 170 Å². The molecule has 18 heteroatoms. The average molecular weight is 561 g/mol. The van der Waals surface area contributed by atoms with Gasteiger partial charge in [0.05, 0.1) is 44.6 Å². The predicted octanol–water partition coefficient (Wildman–Crippen LogP) is -8.76. The first-order valence-corrected chi connectivity index (χ1v) is 12.1. The van der Waals surface area contributed by atoms with Gasteiger partial charge in [0.25, 0.3) is 0 Å². The molecule has 0 aromatic carbocycles. The van der Waals surface area contributed by atoms with Crippen LogP contribution in [0.5, 0.6) is 0 Å². The van der Waals surface area contributed by atoms with Gasteiger partial charge in [0.2, 0.25) is 0 Å². The normalized spacial score (nSPS) is 50.2. The van der Waals surface area contributed by atoms with Crippen molar-refractivity contribution in [2.24, 2.45) is 17.2 Å². The molecule has 3 rings (SSSR count). The zero-order chi connectivity index (χ0) is 28.4. The third-order valence-corrected chi connectivity index (χ3v) is 7.01. The fraction of sp³-hybridized carbons (Fsp3) is 1.00. The molecule has 0 aromatic heterocycles. The lowest BCUT2D eigenvalue weighted by atomic mass is 9.92. The molecule has 224 valence electrons. The van der Waals surface area contributed by atoms with Gasteiger partial charge < -0.3 is 86.8 Å². The van der Waals surface area contributed by atoms with Gasteiger partial charge in [0.15, 0.2) is 24.6 Å². The third-order valence-electron chi connectivity index (χ3n) is 7.01. The summed E-state index contributed by atoms with van der Waals surface area (Å²) in [4.78, 5) is 0. The van der Waals surface area contributed by atoms with Crippen LogP contribution in [-0.2, 0) is 23.7 Å². The van der Waals surface area contributed by atoms with E-state index in [1.807, 2.05) is 0 Å². The Hall–Kier alpha value is -0.720.